The molecule has 4 heteroatoms. The van der Waals surface area contributed by atoms with Gasteiger partial charge in [0.05, 0.1) is 12.6 Å². The van der Waals surface area contributed by atoms with Gasteiger partial charge in [-0.2, -0.15) is 0 Å². The third kappa shape index (κ3) is 4.53. The average Bonchev–Trinajstić information content (AvgIpc) is 2.43. The SMILES string of the molecule is CC[C@@H](O)c1ccccc1N(CC)CC(=O)NC(C)C. The summed E-state index contributed by atoms with van der Waals surface area (Å²) in [5.41, 5.74) is 1.82. The zero-order valence-electron chi connectivity index (χ0n) is 12.9. The van der Waals surface area contributed by atoms with Crippen molar-refractivity contribution in [3.8, 4) is 0 Å². The van der Waals surface area contributed by atoms with Gasteiger partial charge in [0, 0.05) is 23.8 Å². The van der Waals surface area contributed by atoms with E-state index >= 15 is 0 Å². The lowest BCUT2D eigenvalue weighted by Crippen LogP contribution is -2.40. The van der Waals surface area contributed by atoms with Crippen LogP contribution in [0.2, 0.25) is 0 Å². The summed E-state index contributed by atoms with van der Waals surface area (Å²) in [5, 5.41) is 13.0. The third-order valence-corrected chi connectivity index (χ3v) is 3.19. The molecule has 1 amide bonds. The Hall–Kier alpha value is -1.55. The quantitative estimate of drug-likeness (QED) is 0.805. The van der Waals surface area contributed by atoms with Crippen molar-refractivity contribution in [2.75, 3.05) is 18.0 Å². The Morgan fingerprint density at radius 1 is 1.30 bits per heavy atom. The second-order valence-corrected chi connectivity index (χ2v) is 5.22. The highest BCUT2D eigenvalue weighted by atomic mass is 16.3. The molecule has 20 heavy (non-hydrogen) atoms. The van der Waals surface area contributed by atoms with Crippen molar-refractivity contribution in [2.24, 2.45) is 0 Å². The lowest BCUT2D eigenvalue weighted by atomic mass is 10.0. The van der Waals surface area contributed by atoms with E-state index in [2.05, 4.69) is 5.32 Å². The minimum Gasteiger partial charge on any atom is -0.388 e. The number of rotatable bonds is 7. The van der Waals surface area contributed by atoms with Gasteiger partial charge in [-0.25, -0.2) is 0 Å². The fourth-order valence-corrected chi connectivity index (χ4v) is 2.19. The Balaban J connectivity index is 2.92. The molecule has 1 rings (SSSR count). The summed E-state index contributed by atoms with van der Waals surface area (Å²) in [5.74, 6) is 0.00245. The molecule has 1 aromatic carbocycles. The molecule has 0 aliphatic carbocycles. The lowest BCUT2D eigenvalue weighted by molar-refractivity contribution is -0.120. The van der Waals surface area contributed by atoms with Crippen LogP contribution >= 0.6 is 0 Å². The molecule has 0 saturated carbocycles. The molecule has 0 aliphatic heterocycles. The van der Waals surface area contributed by atoms with Gasteiger partial charge in [-0.15, -0.1) is 0 Å². The maximum Gasteiger partial charge on any atom is 0.239 e. The van der Waals surface area contributed by atoms with E-state index in [4.69, 9.17) is 0 Å². The molecule has 0 fully saturated rings. The molecule has 1 atom stereocenters. The molecule has 0 radical (unpaired) electrons. The Morgan fingerprint density at radius 3 is 2.50 bits per heavy atom. The summed E-state index contributed by atoms with van der Waals surface area (Å²) in [6.45, 7) is 8.88. The summed E-state index contributed by atoms with van der Waals surface area (Å²) in [6.07, 6.45) is 0.167. The summed E-state index contributed by atoms with van der Waals surface area (Å²) < 4.78 is 0. The number of nitrogens with zero attached hydrogens (tertiary/aromatic N) is 1. The van der Waals surface area contributed by atoms with Crippen LogP contribution in [0, 0.1) is 0 Å². The van der Waals surface area contributed by atoms with Crippen LogP contribution in [-0.4, -0.2) is 30.1 Å². The molecule has 0 aliphatic rings. The molecule has 0 heterocycles. The number of amides is 1. The normalized spacial score (nSPS) is 12.3. The first-order chi connectivity index (χ1) is 9.49. The first-order valence-corrected chi connectivity index (χ1v) is 7.30. The second-order valence-electron chi connectivity index (χ2n) is 5.22. The van der Waals surface area contributed by atoms with E-state index in [-0.39, 0.29) is 11.9 Å². The summed E-state index contributed by atoms with van der Waals surface area (Å²) >= 11 is 0. The maximum absolute atomic E-state index is 11.9. The Labute approximate surface area is 121 Å². The number of nitrogens with one attached hydrogen (secondary N) is 1. The van der Waals surface area contributed by atoms with Crippen LogP contribution < -0.4 is 10.2 Å². The Morgan fingerprint density at radius 2 is 1.95 bits per heavy atom. The zero-order valence-corrected chi connectivity index (χ0v) is 12.9. The van der Waals surface area contributed by atoms with E-state index in [1.165, 1.54) is 0 Å². The van der Waals surface area contributed by atoms with Crippen molar-refractivity contribution in [2.45, 2.75) is 46.3 Å². The van der Waals surface area contributed by atoms with Crippen LogP contribution in [0.3, 0.4) is 0 Å². The van der Waals surface area contributed by atoms with Crippen molar-refractivity contribution < 1.29 is 9.90 Å². The van der Waals surface area contributed by atoms with Gasteiger partial charge in [-0.1, -0.05) is 25.1 Å². The monoisotopic (exact) mass is 278 g/mol. The van der Waals surface area contributed by atoms with Crippen molar-refractivity contribution in [3.05, 3.63) is 29.8 Å². The number of carbonyl (C=O) groups is 1. The van der Waals surface area contributed by atoms with Crippen LogP contribution in [0.15, 0.2) is 24.3 Å². The number of hydrogen-bond acceptors (Lipinski definition) is 3. The first-order valence-electron chi connectivity index (χ1n) is 7.30. The van der Waals surface area contributed by atoms with Crippen LogP contribution in [0.4, 0.5) is 5.69 Å². The van der Waals surface area contributed by atoms with E-state index < -0.39 is 6.10 Å². The van der Waals surface area contributed by atoms with E-state index in [1.807, 2.05) is 56.9 Å². The molecular formula is C16H26N2O2. The van der Waals surface area contributed by atoms with Crippen LogP contribution in [0.1, 0.15) is 45.8 Å². The zero-order chi connectivity index (χ0) is 15.1. The van der Waals surface area contributed by atoms with Crippen molar-refractivity contribution in [1.29, 1.82) is 0 Å². The van der Waals surface area contributed by atoms with Crippen molar-refractivity contribution in [3.63, 3.8) is 0 Å². The summed E-state index contributed by atoms with van der Waals surface area (Å²) in [4.78, 5) is 13.9. The van der Waals surface area contributed by atoms with Crippen LogP contribution in [-0.2, 0) is 4.79 Å². The number of hydrogen-bond donors (Lipinski definition) is 2. The summed E-state index contributed by atoms with van der Waals surface area (Å²) in [6, 6.07) is 7.87. The molecular weight excluding hydrogens is 252 g/mol. The predicted molar refractivity (Wildman–Crippen MR) is 82.9 cm³/mol. The first kappa shape index (κ1) is 16.5. The van der Waals surface area contributed by atoms with E-state index in [0.29, 0.717) is 13.0 Å². The molecule has 0 saturated heterocycles. The molecule has 112 valence electrons. The van der Waals surface area contributed by atoms with Crippen LogP contribution in [0.5, 0.6) is 0 Å². The molecule has 0 unspecified atom stereocenters. The second kappa shape index (κ2) is 7.90. The summed E-state index contributed by atoms with van der Waals surface area (Å²) in [7, 11) is 0. The number of aliphatic hydroxyl groups is 1. The van der Waals surface area contributed by atoms with Crippen molar-refractivity contribution >= 4 is 11.6 Å². The fourth-order valence-electron chi connectivity index (χ4n) is 2.19. The largest absolute Gasteiger partial charge is 0.388 e. The minimum atomic E-state index is -0.492. The topological polar surface area (TPSA) is 52.6 Å². The Bertz CT molecular complexity index is 432. The Kier molecular flexibility index (Phi) is 6.52. The van der Waals surface area contributed by atoms with E-state index in [9.17, 15) is 9.90 Å². The van der Waals surface area contributed by atoms with Gasteiger partial charge >= 0.3 is 0 Å². The van der Waals surface area contributed by atoms with E-state index in [1.54, 1.807) is 0 Å². The molecule has 0 aromatic heterocycles. The number of aliphatic hydroxyl groups excluding tert-OH is 1. The molecule has 1 aromatic rings. The number of para-hydroxylation sites is 1. The molecule has 0 spiro atoms. The standard InChI is InChI=1S/C16H26N2O2/c1-5-15(19)13-9-7-8-10-14(13)18(6-2)11-16(20)17-12(3)4/h7-10,12,15,19H,5-6,11H2,1-4H3,(H,17,20)/t15-/m1/s1. The smallest absolute Gasteiger partial charge is 0.239 e. The fraction of sp³-hybridized carbons (Fsp3) is 0.562. The molecule has 0 bridgehead atoms. The van der Waals surface area contributed by atoms with Crippen molar-refractivity contribution in [1.82, 2.24) is 5.32 Å². The number of likely N-dealkylation sites (N-methyl/N-ethyl adjacent to an activating group) is 1. The highest BCUT2D eigenvalue weighted by molar-refractivity contribution is 5.81. The van der Waals surface area contributed by atoms with Crippen LogP contribution in [0.25, 0.3) is 0 Å². The predicted octanol–water partition coefficient (Wildman–Crippen LogP) is 2.48. The highest BCUT2D eigenvalue weighted by Crippen LogP contribution is 2.27. The van der Waals surface area contributed by atoms with Gasteiger partial charge in [-0.05, 0) is 33.3 Å². The van der Waals surface area contributed by atoms with E-state index in [0.717, 1.165) is 17.8 Å². The number of anilines is 1. The third-order valence-electron chi connectivity index (χ3n) is 3.19. The van der Waals surface area contributed by atoms with Gasteiger partial charge in [0.1, 0.15) is 0 Å². The maximum atomic E-state index is 11.9. The van der Waals surface area contributed by atoms with Gasteiger partial charge in [0.2, 0.25) is 5.91 Å². The molecule has 2 N–H and O–H groups in total. The lowest BCUT2D eigenvalue weighted by Gasteiger charge is -2.27. The minimum absolute atomic E-state index is 0.00245. The number of benzene rings is 1. The van der Waals surface area contributed by atoms with Gasteiger partial charge in [-0.3, -0.25) is 4.79 Å². The highest BCUT2D eigenvalue weighted by Gasteiger charge is 2.17. The number of carbonyl (C=O) groups excluding carboxylic acids is 1. The molecule has 4 nitrogen and oxygen atoms in total. The van der Waals surface area contributed by atoms with Gasteiger partial charge < -0.3 is 15.3 Å². The van der Waals surface area contributed by atoms with Gasteiger partial charge in [0.25, 0.3) is 0 Å². The average molecular weight is 278 g/mol. The van der Waals surface area contributed by atoms with Gasteiger partial charge in [0.15, 0.2) is 0 Å².